The molecule has 0 aliphatic rings. The van der Waals surface area contributed by atoms with Crippen LogP contribution < -0.4 is 0 Å². The summed E-state index contributed by atoms with van der Waals surface area (Å²) < 4.78 is 5.87. The van der Waals surface area contributed by atoms with Crippen LogP contribution in [0.15, 0.2) is 25.3 Å². The molecule has 120 valence electrons. The minimum absolute atomic E-state index is 0.0261. The molecule has 0 radical (unpaired) electrons. The van der Waals surface area contributed by atoms with Gasteiger partial charge in [0.05, 0.1) is 0 Å². The summed E-state index contributed by atoms with van der Waals surface area (Å²) in [5, 5.41) is 0. The van der Waals surface area contributed by atoms with Crippen molar-refractivity contribution in [2.45, 2.75) is 77.7 Å². The van der Waals surface area contributed by atoms with Gasteiger partial charge in [-0.05, 0) is 25.7 Å². The van der Waals surface area contributed by atoms with E-state index in [1.54, 1.807) is 0 Å². The third-order valence-electron chi connectivity index (χ3n) is 3.87. The van der Waals surface area contributed by atoms with Gasteiger partial charge in [-0.2, -0.15) is 0 Å². The van der Waals surface area contributed by atoms with Crippen LogP contribution in [0.25, 0.3) is 0 Å². The summed E-state index contributed by atoms with van der Waals surface area (Å²) in [6.45, 7) is 12.6. The number of rotatable bonds is 14. The fraction of sp³-hybridized carbons (Fsp3) is 0.700. The smallest absolute Gasteiger partial charge is 0.123 e. The Labute approximate surface area is 132 Å². The maximum Gasteiger partial charge on any atom is 0.123 e. The maximum atomic E-state index is 5.87. The molecule has 0 spiro atoms. The summed E-state index contributed by atoms with van der Waals surface area (Å²) in [6, 6.07) is 0. The summed E-state index contributed by atoms with van der Waals surface area (Å²) >= 11 is 0. The first-order chi connectivity index (χ1) is 10.1. The van der Waals surface area contributed by atoms with E-state index in [1.807, 2.05) is 12.2 Å². The van der Waals surface area contributed by atoms with Crippen LogP contribution >= 0.6 is 0 Å². The summed E-state index contributed by atoms with van der Waals surface area (Å²) in [6.07, 6.45) is 20.4. The minimum atomic E-state index is -0.116. The van der Waals surface area contributed by atoms with E-state index in [2.05, 4.69) is 32.9 Å². The maximum absolute atomic E-state index is 5.87. The molecular weight excluding hydrogens is 256 g/mol. The Kier molecular flexibility index (Phi) is 12.1. The summed E-state index contributed by atoms with van der Waals surface area (Å²) in [7, 11) is 0. The van der Waals surface area contributed by atoms with Gasteiger partial charge in [-0.15, -0.1) is 19.6 Å². The van der Waals surface area contributed by atoms with Gasteiger partial charge >= 0.3 is 0 Å². The average molecular weight is 290 g/mol. The largest absolute Gasteiger partial charge is 0.365 e. The third kappa shape index (κ3) is 10.4. The first kappa shape index (κ1) is 20.0. The van der Waals surface area contributed by atoms with Gasteiger partial charge in [-0.1, -0.05) is 64.0 Å². The van der Waals surface area contributed by atoms with Crippen LogP contribution in [-0.2, 0) is 4.74 Å². The molecule has 1 nitrogen and oxygen atoms in total. The van der Waals surface area contributed by atoms with Gasteiger partial charge in [0.25, 0.3) is 0 Å². The van der Waals surface area contributed by atoms with E-state index < -0.39 is 0 Å². The second-order valence-corrected chi connectivity index (χ2v) is 6.45. The summed E-state index contributed by atoms with van der Waals surface area (Å²) in [5.41, 5.74) is -0.0261. The van der Waals surface area contributed by atoms with Gasteiger partial charge in [0.1, 0.15) is 6.10 Å². The van der Waals surface area contributed by atoms with Crippen molar-refractivity contribution in [1.82, 2.24) is 0 Å². The molecule has 0 fully saturated rings. The van der Waals surface area contributed by atoms with Gasteiger partial charge in [0.2, 0.25) is 0 Å². The molecule has 0 saturated carbocycles. The fourth-order valence-corrected chi connectivity index (χ4v) is 2.45. The molecule has 1 unspecified atom stereocenters. The number of hydrogen-bond donors (Lipinski definition) is 0. The van der Waals surface area contributed by atoms with Crippen molar-refractivity contribution in [3.63, 3.8) is 0 Å². The highest BCUT2D eigenvalue weighted by atomic mass is 16.5. The van der Waals surface area contributed by atoms with Crippen molar-refractivity contribution in [3.8, 4) is 12.3 Å². The molecule has 0 N–H and O–H groups in total. The number of ether oxygens (including phenoxy) is 1. The van der Waals surface area contributed by atoms with Crippen molar-refractivity contribution < 1.29 is 4.74 Å². The van der Waals surface area contributed by atoms with Crippen LogP contribution in [0.2, 0.25) is 0 Å². The lowest BCUT2D eigenvalue weighted by Crippen LogP contribution is -2.30. The van der Waals surface area contributed by atoms with Gasteiger partial charge in [0.15, 0.2) is 0 Å². The quantitative estimate of drug-likeness (QED) is 0.219. The second-order valence-electron chi connectivity index (χ2n) is 6.45. The van der Waals surface area contributed by atoms with E-state index in [0.29, 0.717) is 0 Å². The van der Waals surface area contributed by atoms with Crippen molar-refractivity contribution in [2.24, 2.45) is 5.41 Å². The molecule has 0 saturated heterocycles. The number of allylic oxidation sites excluding steroid dienone is 2. The van der Waals surface area contributed by atoms with E-state index in [-0.39, 0.29) is 11.5 Å². The highest BCUT2D eigenvalue weighted by Gasteiger charge is 2.27. The van der Waals surface area contributed by atoms with Gasteiger partial charge < -0.3 is 4.74 Å². The Hall–Kier alpha value is -1.00. The van der Waals surface area contributed by atoms with Gasteiger partial charge in [-0.3, -0.25) is 0 Å². The predicted octanol–water partition coefficient (Wildman–Crippen LogP) is 5.91. The number of unbranched alkanes of at least 4 members (excludes halogenated alkanes) is 7. The molecule has 0 aliphatic carbocycles. The first-order valence-corrected chi connectivity index (χ1v) is 8.38. The highest BCUT2D eigenvalue weighted by Crippen LogP contribution is 2.27. The molecular formula is C20H34O. The lowest BCUT2D eigenvalue weighted by molar-refractivity contribution is 0.0125. The van der Waals surface area contributed by atoms with Crippen LogP contribution in [0.4, 0.5) is 0 Å². The zero-order valence-corrected chi connectivity index (χ0v) is 14.2. The predicted molar refractivity (Wildman–Crippen MR) is 94.3 cm³/mol. The monoisotopic (exact) mass is 290 g/mol. The first-order valence-electron chi connectivity index (χ1n) is 8.38. The topological polar surface area (TPSA) is 9.23 Å². The molecule has 0 aromatic carbocycles. The van der Waals surface area contributed by atoms with Crippen molar-refractivity contribution in [1.29, 1.82) is 0 Å². The molecule has 0 amide bonds. The SMILES string of the molecule is C#CC(OCCCCCCCCCC=C)C(C)(C)CC=C. The molecule has 1 atom stereocenters. The fourth-order valence-electron chi connectivity index (χ4n) is 2.45. The molecule has 0 aromatic heterocycles. The normalized spacial score (nSPS) is 12.6. The Morgan fingerprint density at radius 2 is 1.57 bits per heavy atom. The van der Waals surface area contributed by atoms with Crippen LogP contribution in [0, 0.1) is 17.8 Å². The minimum Gasteiger partial charge on any atom is -0.365 e. The molecule has 1 heteroatoms. The van der Waals surface area contributed by atoms with E-state index in [4.69, 9.17) is 11.2 Å². The third-order valence-corrected chi connectivity index (χ3v) is 3.87. The van der Waals surface area contributed by atoms with Crippen molar-refractivity contribution in [2.75, 3.05) is 6.61 Å². The summed E-state index contributed by atoms with van der Waals surface area (Å²) in [5.74, 6) is 2.78. The van der Waals surface area contributed by atoms with E-state index in [0.717, 1.165) is 25.9 Å². The Balaban J connectivity index is 3.59. The van der Waals surface area contributed by atoms with Crippen molar-refractivity contribution in [3.05, 3.63) is 25.3 Å². The van der Waals surface area contributed by atoms with Crippen LogP contribution in [0.3, 0.4) is 0 Å². The lowest BCUT2D eigenvalue weighted by atomic mass is 9.83. The highest BCUT2D eigenvalue weighted by molar-refractivity contribution is 5.04. The average Bonchev–Trinajstić information content (AvgIpc) is 2.44. The molecule has 0 aliphatic heterocycles. The molecule has 0 aromatic rings. The Morgan fingerprint density at radius 3 is 2.10 bits per heavy atom. The Morgan fingerprint density at radius 1 is 1.00 bits per heavy atom. The van der Waals surface area contributed by atoms with E-state index in [9.17, 15) is 0 Å². The van der Waals surface area contributed by atoms with Gasteiger partial charge in [-0.25, -0.2) is 0 Å². The molecule has 21 heavy (non-hydrogen) atoms. The summed E-state index contributed by atoms with van der Waals surface area (Å²) in [4.78, 5) is 0. The van der Waals surface area contributed by atoms with E-state index >= 15 is 0 Å². The van der Waals surface area contributed by atoms with Crippen molar-refractivity contribution >= 4 is 0 Å². The lowest BCUT2D eigenvalue weighted by Gasteiger charge is -2.29. The molecule has 0 bridgehead atoms. The Bertz CT molecular complexity index is 308. The van der Waals surface area contributed by atoms with Crippen LogP contribution in [0.5, 0.6) is 0 Å². The number of hydrogen-bond acceptors (Lipinski definition) is 1. The second kappa shape index (κ2) is 12.7. The molecule has 0 heterocycles. The molecule has 0 rings (SSSR count). The zero-order valence-electron chi connectivity index (χ0n) is 14.2. The zero-order chi connectivity index (χ0) is 16.0. The van der Waals surface area contributed by atoms with Crippen LogP contribution in [0.1, 0.15) is 71.6 Å². The van der Waals surface area contributed by atoms with E-state index in [1.165, 1.54) is 38.5 Å². The van der Waals surface area contributed by atoms with Crippen LogP contribution in [-0.4, -0.2) is 12.7 Å². The van der Waals surface area contributed by atoms with Gasteiger partial charge in [0, 0.05) is 12.0 Å². The number of terminal acetylenes is 1. The standard InChI is InChI=1S/C20H34O/c1-6-9-10-11-12-13-14-15-16-18-21-19(8-3)20(4,5)17-7-2/h3,6-7,19H,1-2,9-18H2,4-5H3.